The summed E-state index contributed by atoms with van der Waals surface area (Å²) < 4.78 is 5.03. The Hall–Kier alpha value is -0.730. The second kappa shape index (κ2) is 5.01. The van der Waals surface area contributed by atoms with Crippen LogP contribution in [0.15, 0.2) is 0 Å². The van der Waals surface area contributed by atoms with Crippen molar-refractivity contribution in [2.24, 2.45) is 0 Å². The lowest BCUT2D eigenvalue weighted by Gasteiger charge is -2.19. The third kappa shape index (κ3) is 7.38. The standard InChI is InChI=1S/C9H19NO2.H2/c1-5-6-7-10-8(11)12-9(2,3)4;/h5-7H2,1-4H3,(H,10,11);1H. The van der Waals surface area contributed by atoms with Crippen molar-refractivity contribution in [3.8, 4) is 0 Å². The highest BCUT2D eigenvalue weighted by atomic mass is 16.6. The molecule has 0 aliphatic rings. The average molecular weight is 175 g/mol. The molecule has 0 bridgehead atoms. The topological polar surface area (TPSA) is 38.3 Å². The van der Waals surface area contributed by atoms with Gasteiger partial charge in [-0.15, -0.1) is 0 Å². The summed E-state index contributed by atoms with van der Waals surface area (Å²) in [5.41, 5.74) is -0.393. The quantitative estimate of drug-likeness (QED) is 0.669. The number of unbranched alkanes of at least 4 members (excludes halogenated alkanes) is 1. The Bertz CT molecular complexity index is 143. The first-order valence-electron chi connectivity index (χ1n) is 4.42. The molecular weight excluding hydrogens is 154 g/mol. The molecule has 0 aromatic rings. The lowest BCUT2D eigenvalue weighted by atomic mass is 10.2. The highest BCUT2D eigenvalue weighted by Crippen LogP contribution is 2.06. The van der Waals surface area contributed by atoms with Crippen molar-refractivity contribution in [1.82, 2.24) is 5.32 Å². The zero-order valence-electron chi connectivity index (χ0n) is 8.44. The van der Waals surface area contributed by atoms with Gasteiger partial charge in [0.2, 0.25) is 0 Å². The van der Waals surface area contributed by atoms with E-state index in [0.29, 0.717) is 6.54 Å². The fourth-order valence-electron chi connectivity index (χ4n) is 0.681. The Labute approximate surface area is 76.0 Å². The highest BCUT2D eigenvalue weighted by molar-refractivity contribution is 5.67. The van der Waals surface area contributed by atoms with Crippen LogP contribution in [-0.2, 0) is 4.74 Å². The number of amides is 1. The SMILES string of the molecule is CCCCNC(=O)OC(C)(C)C.[HH]. The minimum absolute atomic E-state index is 0. The van der Waals surface area contributed by atoms with Gasteiger partial charge in [-0.05, 0) is 27.2 Å². The summed E-state index contributed by atoms with van der Waals surface area (Å²) in [5, 5.41) is 2.68. The van der Waals surface area contributed by atoms with Crippen LogP contribution < -0.4 is 5.32 Å². The maximum absolute atomic E-state index is 11.0. The number of nitrogens with one attached hydrogen (secondary N) is 1. The first-order chi connectivity index (χ1) is 5.45. The van der Waals surface area contributed by atoms with Gasteiger partial charge < -0.3 is 10.1 Å². The maximum atomic E-state index is 11.0. The van der Waals surface area contributed by atoms with Crippen LogP contribution in [0, 0.1) is 0 Å². The van der Waals surface area contributed by atoms with Crippen LogP contribution in [0.5, 0.6) is 0 Å². The van der Waals surface area contributed by atoms with Crippen LogP contribution in [0.4, 0.5) is 4.79 Å². The van der Waals surface area contributed by atoms with Gasteiger partial charge in [-0.1, -0.05) is 13.3 Å². The van der Waals surface area contributed by atoms with Crippen LogP contribution in [0.3, 0.4) is 0 Å². The van der Waals surface area contributed by atoms with Gasteiger partial charge in [-0.2, -0.15) is 0 Å². The molecule has 74 valence electrons. The Balaban J connectivity index is 0. The number of carbonyl (C=O) groups excluding carboxylic acids is 1. The summed E-state index contributed by atoms with van der Waals surface area (Å²) in [6, 6.07) is 0. The minimum Gasteiger partial charge on any atom is -0.444 e. The van der Waals surface area contributed by atoms with Crippen molar-refractivity contribution in [3.05, 3.63) is 0 Å². The highest BCUT2D eigenvalue weighted by Gasteiger charge is 2.14. The molecule has 0 fully saturated rings. The molecule has 0 aromatic heterocycles. The van der Waals surface area contributed by atoms with Crippen LogP contribution in [-0.4, -0.2) is 18.2 Å². The summed E-state index contributed by atoms with van der Waals surface area (Å²) in [7, 11) is 0. The lowest BCUT2D eigenvalue weighted by molar-refractivity contribution is 0.0527. The summed E-state index contributed by atoms with van der Waals surface area (Å²) >= 11 is 0. The molecule has 0 radical (unpaired) electrons. The Morgan fingerprint density at radius 2 is 2.08 bits per heavy atom. The van der Waals surface area contributed by atoms with E-state index in [1.807, 2.05) is 20.8 Å². The number of rotatable bonds is 3. The molecule has 0 rings (SSSR count). The van der Waals surface area contributed by atoms with Crippen molar-refractivity contribution < 1.29 is 11.0 Å². The number of hydrogen-bond acceptors (Lipinski definition) is 2. The van der Waals surface area contributed by atoms with Crippen molar-refractivity contribution in [2.75, 3.05) is 6.54 Å². The largest absolute Gasteiger partial charge is 0.444 e. The second-order valence-corrected chi connectivity index (χ2v) is 3.78. The molecule has 0 atom stereocenters. The number of hydrogen-bond donors (Lipinski definition) is 1. The second-order valence-electron chi connectivity index (χ2n) is 3.78. The number of carbonyl (C=O) groups is 1. The molecule has 0 heterocycles. The van der Waals surface area contributed by atoms with Gasteiger partial charge in [0.05, 0.1) is 0 Å². The Morgan fingerprint density at radius 3 is 2.50 bits per heavy atom. The lowest BCUT2D eigenvalue weighted by Crippen LogP contribution is -2.32. The van der Waals surface area contributed by atoms with E-state index in [1.54, 1.807) is 0 Å². The summed E-state index contributed by atoms with van der Waals surface area (Å²) in [6.45, 7) is 8.34. The van der Waals surface area contributed by atoms with Crippen LogP contribution in [0.2, 0.25) is 0 Å². The van der Waals surface area contributed by atoms with Gasteiger partial charge in [0, 0.05) is 7.97 Å². The smallest absolute Gasteiger partial charge is 0.407 e. The van der Waals surface area contributed by atoms with Gasteiger partial charge in [-0.25, -0.2) is 4.79 Å². The fourth-order valence-corrected chi connectivity index (χ4v) is 0.681. The monoisotopic (exact) mass is 175 g/mol. The predicted molar refractivity (Wildman–Crippen MR) is 51.3 cm³/mol. The average Bonchev–Trinajstić information content (AvgIpc) is 1.84. The number of alkyl carbamates (subject to hydrolysis) is 1. The van der Waals surface area contributed by atoms with E-state index in [0.717, 1.165) is 12.8 Å². The van der Waals surface area contributed by atoms with Gasteiger partial charge >= 0.3 is 6.09 Å². The first kappa shape index (κ1) is 11.3. The molecular formula is C9H21NO2. The molecule has 0 unspecified atom stereocenters. The minimum atomic E-state index is -0.393. The third-order valence-corrected chi connectivity index (χ3v) is 1.20. The molecule has 0 saturated heterocycles. The molecule has 3 nitrogen and oxygen atoms in total. The zero-order chi connectivity index (χ0) is 9.61. The van der Waals surface area contributed by atoms with Gasteiger partial charge in [0.25, 0.3) is 0 Å². The van der Waals surface area contributed by atoms with E-state index in [2.05, 4.69) is 12.2 Å². The van der Waals surface area contributed by atoms with Crippen LogP contribution in [0.25, 0.3) is 0 Å². The van der Waals surface area contributed by atoms with E-state index in [1.165, 1.54) is 0 Å². The maximum Gasteiger partial charge on any atom is 0.407 e. The Morgan fingerprint density at radius 1 is 1.50 bits per heavy atom. The van der Waals surface area contributed by atoms with E-state index in [-0.39, 0.29) is 7.52 Å². The third-order valence-electron chi connectivity index (χ3n) is 1.20. The van der Waals surface area contributed by atoms with Crippen LogP contribution in [0.1, 0.15) is 42.0 Å². The van der Waals surface area contributed by atoms with E-state index >= 15 is 0 Å². The summed E-state index contributed by atoms with van der Waals surface area (Å²) in [5.74, 6) is 0. The predicted octanol–water partition coefficient (Wildman–Crippen LogP) is 2.56. The van der Waals surface area contributed by atoms with Gasteiger partial charge in [0.15, 0.2) is 0 Å². The molecule has 0 spiro atoms. The van der Waals surface area contributed by atoms with Crippen molar-refractivity contribution in [2.45, 2.75) is 46.1 Å². The van der Waals surface area contributed by atoms with Gasteiger partial charge in [-0.3, -0.25) is 0 Å². The van der Waals surface area contributed by atoms with Gasteiger partial charge in [0.1, 0.15) is 5.60 Å². The molecule has 1 amide bonds. The van der Waals surface area contributed by atoms with Crippen molar-refractivity contribution in [3.63, 3.8) is 0 Å². The molecule has 3 heteroatoms. The van der Waals surface area contributed by atoms with E-state index in [4.69, 9.17) is 4.74 Å². The Kier molecular flexibility index (Phi) is 4.71. The summed E-state index contributed by atoms with van der Waals surface area (Å²) in [6.07, 6.45) is 1.76. The van der Waals surface area contributed by atoms with Crippen molar-refractivity contribution >= 4 is 6.09 Å². The molecule has 0 aliphatic carbocycles. The zero-order valence-corrected chi connectivity index (χ0v) is 8.44. The normalized spacial score (nSPS) is 11.0. The number of ether oxygens (including phenoxy) is 1. The van der Waals surface area contributed by atoms with Crippen LogP contribution >= 0.6 is 0 Å². The fraction of sp³-hybridized carbons (Fsp3) is 0.889. The van der Waals surface area contributed by atoms with Crippen molar-refractivity contribution in [1.29, 1.82) is 0 Å². The molecule has 0 saturated carbocycles. The van der Waals surface area contributed by atoms with E-state index in [9.17, 15) is 4.79 Å². The first-order valence-corrected chi connectivity index (χ1v) is 4.42. The summed E-state index contributed by atoms with van der Waals surface area (Å²) in [4.78, 5) is 11.0. The molecule has 12 heavy (non-hydrogen) atoms. The molecule has 0 aliphatic heterocycles. The van der Waals surface area contributed by atoms with E-state index < -0.39 is 5.60 Å². The molecule has 0 aromatic carbocycles. The molecule has 1 N–H and O–H groups in total.